The number of halogens is 1. The molecule has 1 aromatic heterocycles. The van der Waals surface area contributed by atoms with E-state index in [9.17, 15) is 14.7 Å². The molecule has 1 fully saturated rings. The van der Waals surface area contributed by atoms with Gasteiger partial charge in [0.15, 0.2) is 5.82 Å². The number of aryl methyl sites for hydroxylation is 1. The number of amides is 1. The van der Waals surface area contributed by atoms with Gasteiger partial charge >= 0.3 is 5.91 Å². The minimum Gasteiger partial charge on any atom is -0.507 e. The van der Waals surface area contributed by atoms with Crippen LogP contribution in [0.3, 0.4) is 0 Å². The molecule has 4 rings (SSSR count). The third-order valence-corrected chi connectivity index (χ3v) is 5.52. The highest BCUT2D eigenvalue weighted by Gasteiger charge is 2.48. The molecule has 0 saturated carbocycles. The number of ketones is 1. The van der Waals surface area contributed by atoms with E-state index in [1.807, 2.05) is 0 Å². The summed E-state index contributed by atoms with van der Waals surface area (Å²) in [6.07, 6.45) is 1.62. The zero-order valence-corrected chi connectivity index (χ0v) is 18.7. The fourth-order valence-corrected chi connectivity index (χ4v) is 3.78. The molecule has 0 aliphatic carbocycles. The molecule has 0 spiro atoms. The van der Waals surface area contributed by atoms with Crippen LogP contribution in [-0.4, -0.2) is 28.6 Å². The maximum Gasteiger partial charge on any atom is 0.301 e. The molecule has 7 nitrogen and oxygen atoms in total. The van der Waals surface area contributed by atoms with Crippen molar-refractivity contribution in [3.8, 4) is 5.75 Å². The molecule has 2 aromatic carbocycles. The predicted molar refractivity (Wildman–Crippen MR) is 122 cm³/mol. The topological polar surface area (TPSA) is 92.9 Å². The number of hydrogen-bond acceptors (Lipinski definition) is 6. The zero-order valence-electron chi connectivity index (χ0n) is 17.1. The molecule has 32 heavy (non-hydrogen) atoms. The first-order valence-corrected chi connectivity index (χ1v) is 10.5. The second kappa shape index (κ2) is 8.84. The van der Waals surface area contributed by atoms with Crippen LogP contribution in [0.1, 0.15) is 22.9 Å². The van der Waals surface area contributed by atoms with Crippen molar-refractivity contribution in [2.45, 2.75) is 13.0 Å². The Hall–Kier alpha value is -3.65. The molecule has 0 bridgehead atoms. The van der Waals surface area contributed by atoms with E-state index in [1.54, 1.807) is 67.6 Å². The van der Waals surface area contributed by atoms with Gasteiger partial charge in [0.25, 0.3) is 5.78 Å². The van der Waals surface area contributed by atoms with E-state index in [1.165, 1.54) is 4.90 Å². The highest BCUT2D eigenvalue weighted by atomic mass is 79.9. The summed E-state index contributed by atoms with van der Waals surface area (Å²) < 4.78 is 11.4. The summed E-state index contributed by atoms with van der Waals surface area (Å²) in [5.74, 6) is -0.600. The van der Waals surface area contributed by atoms with Gasteiger partial charge in [-0.15, -0.1) is 0 Å². The molecule has 162 valence electrons. The van der Waals surface area contributed by atoms with Gasteiger partial charge in [-0.2, -0.15) is 0 Å². The number of aromatic nitrogens is 1. The lowest BCUT2D eigenvalue weighted by molar-refractivity contribution is -0.132. The number of nitrogens with zero attached hydrogens (tertiary/aromatic N) is 2. The number of anilines is 1. The lowest BCUT2D eigenvalue weighted by atomic mass is 9.95. The van der Waals surface area contributed by atoms with Crippen molar-refractivity contribution in [3.63, 3.8) is 0 Å². The fraction of sp³-hybridized carbons (Fsp3) is 0.125. The number of aliphatic hydroxyl groups is 1. The van der Waals surface area contributed by atoms with Crippen LogP contribution in [0.15, 0.2) is 81.8 Å². The number of carbonyl (C=O) groups is 2. The second-order valence-electron chi connectivity index (χ2n) is 7.14. The van der Waals surface area contributed by atoms with Crippen LogP contribution in [0.25, 0.3) is 5.76 Å². The molecule has 0 radical (unpaired) electrons. The van der Waals surface area contributed by atoms with E-state index in [-0.39, 0.29) is 17.2 Å². The van der Waals surface area contributed by atoms with Gasteiger partial charge in [-0.3, -0.25) is 14.5 Å². The molecule has 1 atom stereocenters. The zero-order chi connectivity index (χ0) is 22.8. The van der Waals surface area contributed by atoms with Crippen molar-refractivity contribution in [2.75, 3.05) is 11.5 Å². The first kappa shape index (κ1) is 21.6. The van der Waals surface area contributed by atoms with Crippen molar-refractivity contribution in [3.05, 3.63) is 94.2 Å². The van der Waals surface area contributed by atoms with E-state index in [0.29, 0.717) is 29.2 Å². The van der Waals surface area contributed by atoms with E-state index >= 15 is 0 Å². The number of hydrogen-bond donors (Lipinski definition) is 1. The molecular formula is C24H19BrN2O5. The molecule has 1 N–H and O–H groups in total. The number of Topliss-reactive ketones (excluding diaryl/α,β-unsaturated/α-hetero) is 1. The van der Waals surface area contributed by atoms with Crippen LogP contribution < -0.4 is 9.64 Å². The van der Waals surface area contributed by atoms with Gasteiger partial charge in [0, 0.05) is 16.1 Å². The third-order valence-electron chi connectivity index (χ3n) is 4.99. The number of ether oxygens (including phenoxy) is 1. The highest BCUT2D eigenvalue weighted by molar-refractivity contribution is 9.10. The molecular weight excluding hydrogens is 476 g/mol. The highest BCUT2D eigenvalue weighted by Crippen LogP contribution is 2.42. The van der Waals surface area contributed by atoms with E-state index in [2.05, 4.69) is 27.7 Å². The van der Waals surface area contributed by atoms with Crippen LogP contribution in [0.4, 0.5) is 5.82 Å². The van der Waals surface area contributed by atoms with Gasteiger partial charge in [0.2, 0.25) is 0 Å². The lowest BCUT2D eigenvalue weighted by Gasteiger charge is -2.22. The minimum absolute atomic E-state index is 0.0299. The van der Waals surface area contributed by atoms with Gasteiger partial charge in [0.1, 0.15) is 23.9 Å². The lowest BCUT2D eigenvalue weighted by Crippen LogP contribution is -2.29. The third kappa shape index (κ3) is 3.97. The monoisotopic (exact) mass is 494 g/mol. The summed E-state index contributed by atoms with van der Waals surface area (Å²) in [6.45, 7) is 5.64. The van der Waals surface area contributed by atoms with Gasteiger partial charge in [0.05, 0.1) is 11.6 Å². The summed E-state index contributed by atoms with van der Waals surface area (Å²) >= 11 is 3.39. The summed E-state index contributed by atoms with van der Waals surface area (Å²) in [4.78, 5) is 27.3. The SMILES string of the molecule is C=CCOc1ccc(/C(O)=C2\C(=O)C(=O)N(c3cc(C)on3)C2c2ccc(Br)cc2)cc1. The van der Waals surface area contributed by atoms with E-state index in [4.69, 9.17) is 9.26 Å². The molecule has 1 aliphatic rings. The molecule has 2 heterocycles. The first-order chi connectivity index (χ1) is 15.4. The van der Waals surface area contributed by atoms with Gasteiger partial charge in [-0.25, -0.2) is 0 Å². The smallest absolute Gasteiger partial charge is 0.301 e. The Morgan fingerprint density at radius 1 is 1.22 bits per heavy atom. The fourth-order valence-electron chi connectivity index (χ4n) is 3.52. The molecule has 1 saturated heterocycles. The Morgan fingerprint density at radius 2 is 1.91 bits per heavy atom. The van der Waals surface area contributed by atoms with Crippen LogP contribution in [0.2, 0.25) is 0 Å². The molecule has 1 aliphatic heterocycles. The maximum atomic E-state index is 13.1. The summed E-state index contributed by atoms with van der Waals surface area (Å²) in [5, 5.41) is 15.0. The van der Waals surface area contributed by atoms with Crippen molar-refractivity contribution in [1.82, 2.24) is 5.16 Å². The molecule has 8 heteroatoms. The Bertz CT molecular complexity index is 1210. The summed E-state index contributed by atoms with van der Waals surface area (Å²) in [5.41, 5.74) is 0.991. The Labute approximate surface area is 192 Å². The molecule has 1 unspecified atom stereocenters. The average Bonchev–Trinajstić information content (AvgIpc) is 3.33. The molecule has 1 amide bonds. The number of aliphatic hydroxyl groups excluding tert-OH is 1. The average molecular weight is 495 g/mol. The van der Waals surface area contributed by atoms with E-state index in [0.717, 1.165) is 4.47 Å². The van der Waals surface area contributed by atoms with Crippen molar-refractivity contribution >= 4 is 39.2 Å². The Morgan fingerprint density at radius 3 is 2.50 bits per heavy atom. The van der Waals surface area contributed by atoms with Crippen molar-refractivity contribution in [2.24, 2.45) is 0 Å². The maximum absolute atomic E-state index is 13.1. The standard InChI is InChI=1S/C24H19BrN2O5/c1-3-12-31-18-10-6-16(7-11-18)22(28)20-21(15-4-8-17(25)9-5-15)27(24(30)23(20)29)19-13-14(2)32-26-19/h3-11,13,21,28H,1,12H2,2H3/b22-20+. The van der Waals surface area contributed by atoms with Crippen molar-refractivity contribution < 1.29 is 24.0 Å². The Balaban J connectivity index is 1.84. The first-order valence-electron chi connectivity index (χ1n) is 9.74. The Kier molecular flexibility index (Phi) is 5.96. The van der Waals surface area contributed by atoms with Crippen LogP contribution >= 0.6 is 15.9 Å². The number of benzene rings is 2. The quantitative estimate of drug-likeness (QED) is 0.226. The summed E-state index contributed by atoms with van der Waals surface area (Å²) in [6, 6.07) is 14.5. The largest absolute Gasteiger partial charge is 0.507 e. The molecule has 3 aromatic rings. The van der Waals surface area contributed by atoms with Crippen LogP contribution in [-0.2, 0) is 9.59 Å². The van der Waals surface area contributed by atoms with Crippen molar-refractivity contribution in [1.29, 1.82) is 0 Å². The van der Waals surface area contributed by atoms with Crippen LogP contribution in [0.5, 0.6) is 5.75 Å². The van der Waals surface area contributed by atoms with Gasteiger partial charge in [-0.05, 0) is 48.9 Å². The summed E-state index contributed by atoms with van der Waals surface area (Å²) in [7, 11) is 0. The van der Waals surface area contributed by atoms with E-state index < -0.39 is 17.7 Å². The normalized spacial score (nSPS) is 17.6. The second-order valence-corrected chi connectivity index (χ2v) is 8.06. The number of rotatable bonds is 6. The van der Waals surface area contributed by atoms with Crippen LogP contribution in [0, 0.1) is 6.92 Å². The van der Waals surface area contributed by atoms with Gasteiger partial charge in [-0.1, -0.05) is 45.9 Å². The minimum atomic E-state index is -0.871. The van der Waals surface area contributed by atoms with Gasteiger partial charge < -0.3 is 14.4 Å². The predicted octanol–water partition coefficient (Wildman–Crippen LogP) is 4.94. The number of carbonyl (C=O) groups excluding carboxylic acids is 2.